The van der Waals surface area contributed by atoms with Crippen molar-refractivity contribution in [3.8, 4) is 5.75 Å². The zero-order valence-electron chi connectivity index (χ0n) is 12.1. The molecule has 0 unspecified atom stereocenters. The van der Waals surface area contributed by atoms with Crippen LogP contribution in [0.2, 0.25) is 0 Å². The molecule has 2 N–H and O–H groups in total. The highest BCUT2D eigenvalue weighted by Gasteiger charge is 2.11. The lowest BCUT2D eigenvalue weighted by Crippen LogP contribution is -2.35. The van der Waals surface area contributed by atoms with Crippen LogP contribution in [0.4, 0.5) is 5.69 Å². The summed E-state index contributed by atoms with van der Waals surface area (Å²) in [7, 11) is 0. The molecule has 0 aromatic heterocycles. The number of hydrogen-bond donors (Lipinski definition) is 2. The first-order valence-corrected chi connectivity index (χ1v) is 6.99. The second-order valence-corrected chi connectivity index (χ2v) is 4.39. The minimum Gasteiger partial charge on any atom is -0.494 e. The van der Waals surface area contributed by atoms with E-state index in [-0.39, 0.29) is 0 Å². The molecule has 5 heteroatoms. The second kappa shape index (κ2) is 8.96. The van der Waals surface area contributed by atoms with Crippen LogP contribution in [0.5, 0.6) is 5.75 Å². The summed E-state index contributed by atoms with van der Waals surface area (Å²) in [5.74, 6) is -0.534. The van der Waals surface area contributed by atoms with E-state index in [1.54, 1.807) is 31.2 Å². The Morgan fingerprint density at radius 1 is 1.05 bits per heavy atom. The lowest BCUT2D eigenvalue weighted by Gasteiger charge is -2.08. The molecular weight excluding hydrogens is 256 g/mol. The molecule has 20 heavy (non-hydrogen) atoms. The van der Waals surface area contributed by atoms with Gasteiger partial charge in [0.2, 0.25) is 0 Å². The highest BCUT2D eigenvalue weighted by Crippen LogP contribution is 2.16. The molecule has 0 saturated carbocycles. The number of carbonyl (C=O) groups excluding carboxylic acids is 2. The summed E-state index contributed by atoms with van der Waals surface area (Å²) in [6, 6.07) is 6.98. The summed E-state index contributed by atoms with van der Waals surface area (Å²) >= 11 is 0. The lowest BCUT2D eigenvalue weighted by molar-refractivity contribution is -0.136. The summed E-state index contributed by atoms with van der Waals surface area (Å²) in [6.45, 7) is 5.03. The molecule has 1 aromatic rings. The highest BCUT2D eigenvalue weighted by atomic mass is 16.5. The van der Waals surface area contributed by atoms with E-state index in [0.29, 0.717) is 18.8 Å². The molecule has 0 aliphatic heterocycles. The van der Waals surface area contributed by atoms with Gasteiger partial charge in [0.15, 0.2) is 0 Å². The van der Waals surface area contributed by atoms with Crippen molar-refractivity contribution in [1.29, 1.82) is 0 Å². The molecule has 0 heterocycles. The average Bonchev–Trinajstić information content (AvgIpc) is 2.45. The van der Waals surface area contributed by atoms with Crippen LogP contribution in [0, 0.1) is 0 Å². The van der Waals surface area contributed by atoms with E-state index in [2.05, 4.69) is 17.6 Å². The average molecular weight is 278 g/mol. The molecule has 0 atom stereocenters. The number of benzene rings is 1. The van der Waals surface area contributed by atoms with Gasteiger partial charge in [-0.05, 0) is 37.6 Å². The predicted molar refractivity (Wildman–Crippen MR) is 78.8 cm³/mol. The molecule has 0 radical (unpaired) electrons. The van der Waals surface area contributed by atoms with Gasteiger partial charge in [-0.1, -0.05) is 19.8 Å². The monoisotopic (exact) mass is 278 g/mol. The predicted octanol–water partition coefficient (Wildman–Crippen LogP) is 2.33. The largest absolute Gasteiger partial charge is 0.494 e. The van der Waals surface area contributed by atoms with Gasteiger partial charge in [-0.3, -0.25) is 9.59 Å². The fourth-order valence-corrected chi connectivity index (χ4v) is 1.61. The van der Waals surface area contributed by atoms with Crippen LogP contribution in [0.25, 0.3) is 0 Å². The normalized spacial score (nSPS) is 9.90. The lowest BCUT2D eigenvalue weighted by atomic mass is 10.2. The standard InChI is InChI=1S/C15H22N2O3/c1-3-5-6-11-20-13-9-7-12(8-10-13)17-15(19)14(18)16-4-2/h7-10H,3-6,11H2,1-2H3,(H,16,18)(H,17,19). The van der Waals surface area contributed by atoms with Crippen LogP contribution in [0.3, 0.4) is 0 Å². The molecule has 1 aromatic carbocycles. The Hall–Kier alpha value is -2.04. The van der Waals surface area contributed by atoms with Crippen molar-refractivity contribution in [2.75, 3.05) is 18.5 Å². The smallest absolute Gasteiger partial charge is 0.313 e. The summed E-state index contributed by atoms with van der Waals surface area (Å²) < 4.78 is 5.56. The molecule has 1 rings (SSSR count). The minimum absolute atomic E-state index is 0.427. The van der Waals surface area contributed by atoms with Gasteiger partial charge in [0.05, 0.1) is 6.61 Å². The molecule has 0 bridgehead atoms. The zero-order valence-corrected chi connectivity index (χ0v) is 12.1. The van der Waals surface area contributed by atoms with Crippen molar-refractivity contribution in [3.63, 3.8) is 0 Å². The number of anilines is 1. The van der Waals surface area contributed by atoms with Crippen molar-refractivity contribution in [2.24, 2.45) is 0 Å². The Labute approximate surface area is 119 Å². The van der Waals surface area contributed by atoms with Gasteiger partial charge in [-0.25, -0.2) is 0 Å². The third kappa shape index (κ3) is 5.73. The van der Waals surface area contributed by atoms with Crippen LogP contribution in [-0.2, 0) is 9.59 Å². The first-order chi connectivity index (χ1) is 9.67. The van der Waals surface area contributed by atoms with E-state index in [4.69, 9.17) is 4.74 Å². The number of rotatable bonds is 7. The second-order valence-electron chi connectivity index (χ2n) is 4.39. The maximum absolute atomic E-state index is 11.5. The number of unbranched alkanes of at least 4 members (excludes halogenated alkanes) is 2. The Balaban J connectivity index is 2.42. The van der Waals surface area contributed by atoms with Gasteiger partial charge in [0, 0.05) is 12.2 Å². The van der Waals surface area contributed by atoms with E-state index in [9.17, 15) is 9.59 Å². The minimum atomic E-state index is -0.663. The van der Waals surface area contributed by atoms with E-state index in [1.165, 1.54) is 0 Å². The van der Waals surface area contributed by atoms with Crippen LogP contribution in [0.15, 0.2) is 24.3 Å². The number of nitrogens with one attached hydrogen (secondary N) is 2. The topological polar surface area (TPSA) is 67.4 Å². The van der Waals surface area contributed by atoms with Crippen molar-refractivity contribution in [1.82, 2.24) is 5.32 Å². The van der Waals surface area contributed by atoms with Gasteiger partial charge in [-0.15, -0.1) is 0 Å². The third-order valence-electron chi connectivity index (χ3n) is 2.67. The van der Waals surface area contributed by atoms with Crippen molar-refractivity contribution in [2.45, 2.75) is 33.1 Å². The van der Waals surface area contributed by atoms with Crippen molar-refractivity contribution < 1.29 is 14.3 Å². The summed E-state index contributed by atoms with van der Waals surface area (Å²) in [4.78, 5) is 22.7. The molecule has 0 fully saturated rings. The maximum Gasteiger partial charge on any atom is 0.313 e. The molecule has 0 saturated heterocycles. The van der Waals surface area contributed by atoms with Crippen LogP contribution in [0.1, 0.15) is 33.1 Å². The summed E-state index contributed by atoms with van der Waals surface area (Å²) in [5.41, 5.74) is 0.571. The number of amides is 2. The maximum atomic E-state index is 11.5. The number of likely N-dealkylation sites (N-methyl/N-ethyl adjacent to an activating group) is 1. The van der Waals surface area contributed by atoms with Gasteiger partial charge < -0.3 is 15.4 Å². The third-order valence-corrected chi connectivity index (χ3v) is 2.67. The highest BCUT2D eigenvalue weighted by molar-refractivity contribution is 6.39. The molecule has 110 valence electrons. The number of ether oxygens (including phenoxy) is 1. The Morgan fingerprint density at radius 3 is 2.35 bits per heavy atom. The molecule has 0 aliphatic carbocycles. The van der Waals surface area contributed by atoms with Gasteiger partial charge >= 0.3 is 11.8 Å². The van der Waals surface area contributed by atoms with E-state index in [0.717, 1.165) is 25.0 Å². The molecule has 5 nitrogen and oxygen atoms in total. The Kier molecular flexibility index (Phi) is 7.17. The Bertz CT molecular complexity index is 429. The van der Waals surface area contributed by atoms with E-state index in [1.807, 2.05) is 0 Å². The number of hydrogen-bond acceptors (Lipinski definition) is 3. The first kappa shape index (κ1) is 16.0. The molecule has 0 spiro atoms. The fourth-order valence-electron chi connectivity index (χ4n) is 1.61. The van der Waals surface area contributed by atoms with Crippen LogP contribution < -0.4 is 15.4 Å². The van der Waals surface area contributed by atoms with E-state index < -0.39 is 11.8 Å². The summed E-state index contributed by atoms with van der Waals surface area (Å²) in [6.07, 6.45) is 3.35. The zero-order chi connectivity index (χ0) is 14.8. The van der Waals surface area contributed by atoms with E-state index >= 15 is 0 Å². The van der Waals surface area contributed by atoms with Gasteiger partial charge in [0.1, 0.15) is 5.75 Å². The number of carbonyl (C=O) groups is 2. The van der Waals surface area contributed by atoms with Crippen molar-refractivity contribution >= 4 is 17.5 Å². The van der Waals surface area contributed by atoms with Crippen LogP contribution >= 0.6 is 0 Å². The first-order valence-electron chi connectivity index (χ1n) is 6.99. The SMILES string of the molecule is CCCCCOc1ccc(NC(=O)C(=O)NCC)cc1. The molecular formula is C15H22N2O3. The quantitative estimate of drug-likeness (QED) is 0.594. The van der Waals surface area contributed by atoms with Crippen molar-refractivity contribution in [3.05, 3.63) is 24.3 Å². The molecule has 0 aliphatic rings. The Morgan fingerprint density at radius 2 is 1.75 bits per heavy atom. The summed E-state index contributed by atoms with van der Waals surface area (Å²) in [5, 5.41) is 4.96. The van der Waals surface area contributed by atoms with Crippen LogP contribution in [-0.4, -0.2) is 25.0 Å². The molecule has 2 amide bonds. The van der Waals surface area contributed by atoms with Gasteiger partial charge in [0.25, 0.3) is 0 Å². The fraction of sp³-hybridized carbons (Fsp3) is 0.467. The van der Waals surface area contributed by atoms with Gasteiger partial charge in [-0.2, -0.15) is 0 Å².